The van der Waals surface area contributed by atoms with Crippen molar-refractivity contribution in [2.45, 2.75) is 12.7 Å². The number of amides is 1. The smallest absolute Gasteiger partial charge is 0.339 e. The van der Waals surface area contributed by atoms with E-state index in [2.05, 4.69) is 0 Å². The standard InChI is InChI=1S/C21H23NO5/c1-25-15-16-6-5-9-18(14-16)21(24)27-19(17-7-3-2-4-8-17)20(23)22-10-12-26-13-11-22/h2-9,14,19H,10-13,15H2,1H3. The molecule has 1 fully saturated rings. The molecule has 6 heteroatoms. The maximum atomic E-state index is 13.0. The zero-order chi connectivity index (χ0) is 19.1. The number of carbonyl (C=O) groups is 2. The van der Waals surface area contributed by atoms with E-state index in [9.17, 15) is 9.59 Å². The van der Waals surface area contributed by atoms with Crippen LogP contribution in [0.5, 0.6) is 0 Å². The Morgan fingerprint density at radius 1 is 1.07 bits per heavy atom. The Morgan fingerprint density at radius 2 is 1.81 bits per heavy atom. The van der Waals surface area contributed by atoms with E-state index in [1.165, 1.54) is 0 Å². The molecule has 0 aliphatic carbocycles. The van der Waals surface area contributed by atoms with Crippen molar-refractivity contribution < 1.29 is 23.8 Å². The van der Waals surface area contributed by atoms with Gasteiger partial charge in [0.25, 0.3) is 5.91 Å². The zero-order valence-electron chi connectivity index (χ0n) is 15.3. The van der Waals surface area contributed by atoms with Crippen LogP contribution in [0.3, 0.4) is 0 Å². The summed E-state index contributed by atoms with van der Waals surface area (Å²) in [5.41, 5.74) is 1.90. The highest BCUT2D eigenvalue weighted by Crippen LogP contribution is 2.23. The molecule has 142 valence electrons. The molecule has 0 aromatic heterocycles. The Morgan fingerprint density at radius 3 is 2.52 bits per heavy atom. The Balaban J connectivity index is 1.81. The predicted molar refractivity (Wildman–Crippen MR) is 99.2 cm³/mol. The molecule has 1 atom stereocenters. The van der Waals surface area contributed by atoms with Gasteiger partial charge in [-0.2, -0.15) is 0 Å². The van der Waals surface area contributed by atoms with Crippen LogP contribution in [0, 0.1) is 0 Å². The summed E-state index contributed by atoms with van der Waals surface area (Å²) in [5, 5.41) is 0. The molecular formula is C21H23NO5. The minimum absolute atomic E-state index is 0.231. The number of ether oxygens (including phenoxy) is 3. The Kier molecular flexibility index (Phi) is 6.57. The third kappa shape index (κ3) is 4.93. The molecule has 2 aromatic rings. The van der Waals surface area contributed by atoms with Crippen molar-refractivity contribution in [3.05, 3.63) is 71.3 Å². The number of carbonyl (C=O) groups excluding carboxylic acids is 2. The van der Waals surface area contributed by atoms with E-state index in [4.69, 9.17) is 14.2 Å². The average Bonchev–Trinajstić information content (AvgIpc) is 2.73. The van der Waals surface area contributed by atoms with Crippen molar-refractivity contribution in [1.29, 1.82) is 0 Å². The lowest BCUT2D eigenvalue weighted by atomic mass is 10.1. The molecule has 2 aromatic carbocycles. The summed E-state index contributed by atoms with van der Waals surface area (Å²) in [6.07, 6.45) is -0.983. The van der Waals surface area contributed by atoms with Gasteiger partial charge in [0.05, 0.1) is 25.4 Å². The van der Waals surface area contributed by atoms with E-state index < -0.39 is 12.1 Å². The van der Waals surface area contributed by atoms with Crippen molar-refractivity contribution in [3.8, 4) is 0 Å². The first-order valence-electron chi connectivity index (χ1n) is 8.89. The second kappa shape index (κ2) is 9.30. The zero-order valence-corrected chi connectivity index (χ0v) is 15.3. The molecule has 1 aliphatic heterocycles. The minimum atomic E-state index is -0.983. The first-order chi connectivity index (χ1) is 13.2. The SMILES string of the molecule is COCc1cccc(C(=O)OC(C(=O)N2CCOCC2)c2ccccc2)c1. The normalized spacial score (nSPS) is 15.2. The van der Waals surface area contributed by atoms with Crippen LogP contribution in [0.25, 0.3) is 0 Å². The molecule has 1 aliphatic rings. The molecule has 27 heavy (non-hydrogen) atoms. The molecule has 0 saturated carbocycles. The number of morpholine rings is 1. The van der Waals surface area contributed by atoms with Crippen LogP contribution in [0.2, 0.25) is 0 Å². The number of benzene rings is 2. The summed E-state index contributed by atoms with van der Waals surface area (Å²) in [6, 6.07) is 16.1. The third-order valence-corrected chi connectivity index (χ3v) is 4.35. The van der Waals surface area contributed by atoms with Gasteiger partial charge in [0, 0.05) is 25.8 Å². The number of hydrogen-bond donors (Lipinski definition) is 0. The molecule has 0 N–H and O–H groups in total. The van der Waals surface area contributed by atoms with Crippen molar-refractivity contribution in [1.82, 2.24) is 4.90 Å². The molecular weight excluding hydrogens is 346 g/mol. The lowest BCUT2D eigenvalue weighted by molar-refractivity contribution is -0.145. The maximum Gasteiger partial charge on any atom is 0.339 e. The lowest BCUT2D eigenvalue weighted by Gasteiger charge is -2.30. The molecule has 6 nitrogen and oxygen atoms in total. The topological polar surface area (TPSA) is 65.1 Å². The second-order valence-corrected chi connectivity index (χ2v) is 6.27. The van der Waals surface area contributed by atoms with Crippen LogP contribution in [-0.4, -0.2) is 50.2 Å². The number of nitrogens with zero attached hydrogens (tertiary/aromatic N) is 1. The van der Waals surface area contributed by atoms with E-state index in [1.807, 2.05) is 24.3 Å². The molecule has 3 rings (SSSR count). The summed E-state index contributed by atoms with van der Waals surface area (Å²) in [5.74, 6) is -0.769. The number of rotatable bonds is 6. The fraction of sp³-hybridized carbons (Fsp3) is 0.333. The van der Waals surface area contributed by atoms with Gasteiger partial charge in [0.1, 0.15) is 0 Å². The molecule has 1 amide bonds. The quantitative estimate of drug-likeness (QED) is 0.733. The van der Waals surface area contributed by atoms with Crippen molar-refractivity contribution in [3.63, 3.8) is 0 Å². The molecule has 1 heterocycles. The largest absolute Gasteiger partial charge is 0.444 e. The van der Waals surface area contributed by atoms with Gasteiger partial charge in [-0.1, -0.05) is 42.5 Å². The van der Waals surface area contributed by atoms with Gasteiger partial charge in [-0.3, -0.25) is 4.79 Å². The summed E-state index contributed by atoms with van der Waals surface area (Å²) in [7, 11) is 1.59. The van der Waals surface area contributed by atoms with Crippen LogP contribution in [0.15, 0.2) is 54.6 Å². The van der Waals surface area contributed by atoms with Crippen molar-refractivity contribution >= 4 is 11.9 Å². The minimum Gasteiger partial charge on any atom is -0.444 e. The summed E-state index contributed by atoms with van der Waals surface area (Å²) >= 11 is 0. The van der Waals surface area contributed by atoms with E-state index in [-0.39, 0.29) is 5.91 Å². The highest BCUT2D eigenvalue weighted by Gasteiger charge is 2.30. The maximum absolute atomic E-state index is 13.0. The highest BCUT2D eigenvalue weighted by molar-refractivity contribution is 5.93. The monoisotopic (exact) mass is 369 g/mol. The number of esters is 1. The molecule has 1 saturated heterocycles. The fourth-order valence-electron chi connectivity index (χ4n) is 2.97. The van der Waals surface area contributed by atoms with E-state index >= 15 is 0 Å². The van der Waals surface area contributed by atoms with E-state index in [1.54, 1.807) is 42.3 Å². The van der Waals surface area contributed by atoms with E-state index in [0.29, 0.717) is 44.0 Å². The van der Waals surface area contributed by atoms with Gasteiger partial charge in [-0.05, 0) is 17.7 Å². The molecule has 0 bridgehead atoms. The van der Waals surface area contributed by atoms with Crippen LogP contribution in [0.1, 0.15) is 27.6 Å². The molecule has 0 radical (unpaired) electrons. The highest BCUT2D eigenvalue weighted by atomic mass is 16.5. The van der Waals surface area contributed by atoms with Gasteiger partial charge in [0.15, 0.2) is 0 Å². The predicted octanol–water partition coefficient (Wildman–Crippen LogP) is 2.59. The average molecular weight is 369 g/mol. The van der Waals surface area contributed by atoms with Gasteiger partial charge < -0.3 is 19.1 Å². The number of methoxy groups -OCH3 is 1. The molecule has 0 spiro atoms. The molecule has 1 unspecified atom stereocenters. The fourth-order valence-corrected chi connectivity index (χ4v) is 2.97. The first kappa shape index (κ1) is 19.1. The van der Waals surface area contributed by atoms with Crippen LogP contribution >= 0.6 is 0 Å². The second-order valence-electron chi connectivity index (χ2n) is 6.27. The first-order valence-corrected chi connectivity index (χ1v) is 8.89. The summed E-state index contributed by atoms with van der Waals surface area (Å²) < 4.78 is 16.1. The van der Waals surface area contributed by atoms with Crippen LogP contribution in [0.4, 0.5) is 0 Å². The van der Waals surface area contributed by atoms with Gasteiger partial charge in [-0.25, -0.2) is 4.79 Å². The van der Waals surface area contributed by atoms with Crippen LogP contribution in [-0.2, 0) is 25.6 Å². The van der Waals surface area contributed by atoms with E-state index in [0.717, 1.165) is 5.56 Å². The van der Waals surface area contributed by atoms with Crippen LogP contribution < -0.4 is 0 Å². The summed E-state index contributed by atoms with van der Waals surface area (Å²) in [6.45, 7) is 2.35. The lowest BCUT2D eigenvalue weighted by Crippen LogP contribution is -2.44. The van der Waals surface area contributed by atoms with Crippen molar-refractivity contribution in [2.75, 3.05) is 33.4 Å². The number of hydrogen-bond acceptors (Lipinski definition) is 5. The van der Waals surface area contributed by atoms with Gasteiger partial charge in [0.2, 0.25) is 6.10 Å². The Bertz CT molecular complexity index is 771. The van der Waals surface area contributed by atoms with Crippen molar-refractivity contribution in [2.24, 2.45) is 0 Å². The third-order valence-electron chi connectivity index (χ3n) is 4.35. The van der Waals surface area contributed by atoms with Gasteiger partial charge in [-0.15, -0.1) is 0 Å². The Hall–Kier alpha value is -2.70. The Labute approximate surface area is 158 Å². The van der Waals surface area contributed by atoms with Gasteiger partial charge >= 0.3 is 5.97 Å². The summed E-state index contributed by atoms with van der Waals surface area (Å²) in [4.78, 5) is 27.4.